The van der Waals surface area contributed by atoms with Crippen molar-refractivity contribution in [1.29, 1.82) is 0 Å². The molecule has 4 amide bonds. The van der Waals surface area contributed by atoms with E-state index in [1.165, 1.54) is 120 Å². The first kappa shape index (κ1) is 52.5. The van der Waals surface area contributed by atoms with Gasteiger partial charge in [-0.25, -0.2) is 0 Å². The third-order valence-electron chi connectivity index (χ3n) is 19.5. The summed E-state index contributed by atoms with van der Waals surface area (Å²) < 4.78 is 0. The van der Waals surface area contributed by atoms with Gasteiger partial charge >= 0.3 is 0 Å². The molecule has 11 aromatic rings. The number of carbonyl (C=O) groups is 4. The molecule has 0 fully saturated rings. The van der Waals surface area contributed by atoms with Crippen LogP contribution >= 0.6 is 0 Å². The van der Waals surface area contributed by atoms with E-state index < -0.39 is 0 Å². The number of nitrogens with zero attached hydrogens (tertiary/aromatic N) is 2. The summed E-state index contributed by atoms with van der Waals surface area (Å²) in [6.45, 7) is 8.95. The number of amides is 4. The zero-order chi connectivity index (χ0) is 54.8. The molecule has 11 aromatic carbocycles. The number of carbonyl (C=O) groups excluding carboxylic acids is 4. The number of unbranched alkanes of at least 4 members (excludes halogenated alkanes) is 16. The van der Waals surface area contributed by atoms with Crippen molar-refractivity contribution >= 4 is 131 Å². The van der Waals surface area contributed by atoms with Crippen LogP contribution in [0.3, 0.4) is 0 Å². The van der Waals surface area contributed by atoms with Crippen molar-refractivity contribution in [3.8, 4) is 0 Å². The highest BCUT2D eigenvalue weighted by molar-refractivity contribution is 6.47. The van der Waals surface area contributed by atoms with E-state index in [2.05, 4.69) is 100 Å². The SMILES string of the molecule is CCCCCCCC(CCCCCCC)N1C(=O)c2ccc3c4ccc5c6ccc7c8ccc9c%10c(ccc(c%11ccc(c%12ccc(c%13ccc(c2c3%13)C1=O)c4c5%12)c6c7%11)c%108)C(=O)N(C(CCCCCCC)CCCCCCC)C9=O. The summed E-state index contributed by atoms with van der Waals surface area (Å²) >= 11 is 0. The Morgan fingerprint density at radius 1 is 0.237 bits per heavy atom. The van der Waals surface area contributed by atoms with Crippen molar-refractivity contribution in [3.63, 3.8) is 0 Å². The Labute approximate surface area is 471 Å². The van der Waals surface area contributed by atoms with Crippen LogP contribution in [0.5, 0.6) is 0 Å². The van der Waals surface area contributed by atoms with Gasteiger partial charge in [0.25, 0.3) is 23.6 Å². The Hall–Kier alpha value is -6.92. The molecule has 0 bridgehead atoms. The normalized spacial score (nSPS) is 14.2. The Bertz CT molecular complexity index is 3690. The van der Waals surface area contributed by atoms with Gasteiger partial charge in [-0.2, -0.15) is 0 Å². The van der Waals surface area contributed by atoms with Crippen LogP contribution in [0.1, 0.15) is 223 Å². The quantitative estimate of drug-likeness (QED) is 0.0234. The van der Waals surface area contributed by atoms with E-state index in [0.29, 0.717) is 22.3 Å². The fraction of sp³-hybridized carbons (Fsp3) is 0.405. The van der Waals surface area contributed by atoms with Crippen molar-refractivity contribution in [3.05, 3.63) is 119 Å². The minimum atomic E-state index is -0.140. The fourth-order valence-corrected chi connectivity index (χ4v) is 15.5. The van der Waals surface area contributed by atoms with Gasteiger partial charge in [0.2, 0.25) is 0 Å². The van der Waals surface area contributed by atoms with E-state index >= 15 is 0 Å². The number of imide groups is 2. The first-order valence-corrected chi connectivity index (χ1v) is 31.5. The molecule has 2 aliphatic rings. The van der Waals surface area contributed by atoms with Crippen LogP contribution in [0.25, 0.3) is 108 Å². The number of hydrogen-bond donors (Lipinski definition) is 0. The van der Waals surface area contributed by atoms with Crippen LogP contribution in [-0.2, 0) is 0 Å². The van der Waals surface area contributed by atoms with Crippen molar-refractivity contribution < 1.29 is 19.2 Å². The highest BCUT2D eigenvalue weighted by Crippen LogP contribution is 2.52. The first-order chi connectivity index (χ1) is 39.3. The highest BCUT2D eigenvalue weighted by atomic mass is 16.2. The van der Waals surface area contributed by atoms with Crippen molar-refractivity contribution in [2.24, 2.45) is 0 Å². The summed E-state index contributed by atoms with van der Waals surface area (Å²) in [4.78, 5) is 63.0. The van der Waals surface area contributed by atoms with Crippen LogP contribution < -0.4 is 0 Å². The lowest BCUT2D eigenvalue weighted by Gasteiger charge is -2.35. The molecule has 13 rings (SSSR count). The lowest BCUT2D eigenvalue weighted by atomic mass is 9.80. The van der Waals surface area contributed by atoms with E-state index in [4.69, 9.17) is 0 Å². The molecule has 2 aliphatic heterocycles. The van der Waals surface area contributed by atoms with Crippen LogP contribution in [0.15, 0.2) is 97.1 Å². The Balaban J connectivity index is 0.907. The largest absolute Gasteiger partial charge is 0.271 e. The molecule has 0 N–H and O–H groups in total. The average Bonchev–Trinajstić information content (AvgIpc) is 3.59. The maximum absolute atomic E-state index is 14.9. The number of benzene rings is 11. The van der Waals surface area contributed by atoms with Gasteiger partial charge in [-0.05, 0) is 147 Å². The van der Waals surface area contributed by atoms with Crippen LogP contribution in [0, 0.1) is 0 Å². The lowest BCUT2D eigenvalue weighted by Crippen LogP contribution is -2.47. The van der Waals surface area contributed by atoms with Gasteiger partial charge in [0.05, 0.1) is 0 Å². The van der Waals surface area contributed by atoms with Crippen LogP contribution in [0.2, 0.25) is 0 Å². The monoisotopic (exact) mass is 1060 g/mol. The van der Waals surface area contributed by atoms with Gasteiger partial charge in [0.1, 0.15) is 0 Å². The van der Waals surface area contributed by atoms with Gasteiger partial charge in [0.15, 0.2) is 0 Å². The second-order valence-corrected chi connectivity index (χ2v) is 24.4. The van der Waals surface area contributed by atoms with E-state index in [0.717, 1.165) is 142 Å². The Kier molecular flexibility index (Phi) is 14.3. The van der Waals surface area contributed by atoms with Crippen molar-refractivity contribution in [2.45, 2.75) is 194 Å². The Morgan fingerprint density at radius 2 is 0.412 bits per heavy atom. The molecule has 2 heterocycles. The fourth-order valence-electron chi connectivity index (χ4n) is 15.5. The molecule has 0 spiro atoms. The average molecular weight is 1060 g/mol. The lowest BCUT2D eigenvalue weighted by molar-refractivity contribution is 0.0501. The minimum Gasteiger partial charge on any atom is -0.271 e. The summed E-state index contributed by atoms with van der Waals surface area (Å²) in [6.07, 6.45) is 26.5. The summed E-state index contributed by atoms with van der Waals surface area (Å²) in [5.41, 5.74) is 2.58. The first-order valence-electron chi connectivity index (χ1n) is 31.5. The molecule has 0 atom stereocenters. The molecule has 0 radical (unpaired) electrons. The minimum absolute atomic E-state index is 0.103. The van der Waals surface area contributed by atoms with E-state index in [1.54, 1.807) is 9.80 Å². The molecule has 408 valence electrons. The molecule has 0 saturated carbocycles. The molecule has 0 aromatic heterocycles. The second kappa shape index (κ2) is 21.9. The van der Waals surface area contributed by atoms with Crippen LogP contribution in [-0.4, -0.2) is 45.5 Å². The molecule has 0 aliphatic carbocycles. The summed E-state index contributed by atoms with van der Waals surface area (Å²) in [5.74, 6) is -0.562. The summed E-state index contributed by atoms with van der Waals surface area (Å²) in [5, 5.41) is 22.1. The molecule has 0 unspecified atom stereocenters. The van der Waals surface area contributed by atoms with Gasteiger partial charge in [0, 0.05) is 45.1 Å². The smallest absolute Gasteiger partial charge is 0.261 e. The predicted molar refractivity (Wildman–Crippen MR) is 337 cm³/mol. The number of fused-ring (bicyclic) bond motifs is 6. The molecule has 6 nitrogen and oxygen atoms in total. The molecule has 0 saturated heterocycles. The van der Waals surface area contributed by atoms with E-state index in [-0.39, 0.29) is 35.7 Å². The van der Waals surface area contributed by atoms with Gasteiger partial charge in [-0.1, -0.05) is 229 Å². The van der Waals surface area contributed by atoms with Crippen LogP contribution in [0.4, 0.5) is 0 Å². The number of hydrogen-bond acceptors (Lipinski definition) is 4. The van der Waals surface area contributed by atoms with E-state index in [1.807, 2.05) is 24.3 Å². The van der Waals surface area contributed by atoms with Crippen molar-refractivity contribution in [1.82, 2.24) is 9.80 Å². The third kappa shape index (κ3) is 8.30. The summed E-state index contributed by atoms with van der Waals surface area (Å²) in [6, 6.07) is 34.8. The maximum atomic E-state index is 14.9. The standard InChI is InChI=1S/C74H78N2O4/c1-5-9-13-17-21-25-45(26-22-18-14-10-6-2)75-71(77)59-41-37-55-51-33-29-47-49-31-35-53-57-39-43-61-70-62(74(80)76(73(61)79)46(27-23-19-15-11-7-3)28-24-20-16-12-8-4)44-40-58(68(57)70)54-36-32-50(64(49)66(53)54)48-30-34-52(65(51)63(47)48)56-38-42-60(72(75)78)69(59)67(55)56/h29-46H,5-28H2,1-4H3. The molecule has 80 heavy (non-hydrogen) atoms. The van der Waals surface area contributed by atoms with Crippen molar-refractivity contribution in [2.75, 3.05) is 0 Å². The van der Waals surface area contributed by atoms with Gasteiger partial charge in [-0.3, -0.25) is 29.0 Å². The maximum Gasteiger partial charge on any atom is 0.261 e. The number of rotatable bonds is 26. The van der Waals surface area contributed by atoms with Gasteiger partial charge < -0.3 is 0 Å². The topological polar surface area (TPSA) is 74.8 Å². The van der Waals surface area contributed by atoms with Gasteiger partial charge in [-0.15, -0.1) is 0 Å². The second-order valence-electron chi connectivity index (χ2n) is 24.4. The third-order valence-corrected chi connectivity index (χ3v) is 19.5. The Morgan fingerprint density at radius 3 is 0.613 bits per heavy atom. The molecular formula is C74H78N2O4. The predicted octanol–water partition coefficient (Wildman–Crippen LogP) is 20.9. The highest BCUT2D eigenvalue weighted by Gasteiger charge is 2.40. The summed E-state index contributed by atoms with van der Waals surface area (Å²) in [7, 11) is 0. The zero-order valence-electron chi connectivity index (χ0n) is 47.9. The molecule has 6 heteroatoms. The zero-order valence-corrected chi connectivity index (χ0v) is 47.9. The molecular weight excluding hydrogens is 981 g/mol. The van der Waals surface area contributed by atoms with E-state index in [9.17, 15) is 19.2 Å².